The smallest absolute Gasteiger partial charge is 0.410 e. The number of aromatic nitrogens is 3. The first kappa shape index (κ1) is 66.3. The molecule has 2 aromatic heterocycles. The molecule has 1 saturated carbocycles. The van der Waals surface area contributed by atoms with Crippen LogP contribution in [0.2, 0.25) is 16.6 Å². The number of benzene rings is 3. The van der Waals surface area contributed by atoms with Crippen molar-refractivity contribution in [2.45, 2.75) is 154 Å². The van der Waals surface area contributed by atoms with E-state index in [1.54, 1.807) is 42.6 Å². The zero-order chi connectivity index (χ0) is 65.4. The van der Waals surface area contributed by atoms with E-state index in [9.17, 15) is 19.2 Å². The lowest BCUT2D eigenvalue weighted by molar-refractivity contribution is -0.120. The van der Waals surface area contributed by atoms with Crippen LogP contribution in [0.1, 0.15) is 136 Å². The summed E-state index contributed by atoms with van der Waals surface area (Å²) < 4.78 is 64.3. The lowest BCUT2D eigenvalue weighted by Crippen LogP contribution is -2.57. The minimum absolute atomic E-state index is 0.0107. The van der Waals surface area contributed by atoms with Crippen LogP contribution in [0.15, 0.2) is 48.7 Å². The van der Waals surface area contributed by atoms with Gasteiger partial charge in [0.1, 0.15) is 48.0 Å². The molecule has 1 aliphatic carbocycles. The Morgan fingerprint density at radius 3 is 2.17 bits per heavy atom. The third-order valence-electron chi connectivity index (χ3n) is 20.2. The van der Waals surface area contributed by atoms with Crippen LogP contribution in [0.25, 0.3) is 32.9 Å². The summed E-state index contributed by atoms with van der Waals surface area (Å²) in [6, 6.07) is 10.9. The Hall–Kier alpha value is -7.19. The number of likely N-dealkylation sites (tertiary alicyclic amines) is 1. The number of rotatable bonds is 20. The van der Waals surface area contributed by atoms with Crippen molar-refractivity contribution in [1.29, 1.82) is 0 Å². The molecule has 19 nitrogen and oxygen atoms in total. The molecule has 2 bridgehead atoms. The molecule has 2 unspecified atom stereocenters. The van der Waals surface area contributed by atoms with Crippen molar-refractivity contribution >= 4 is 65.2 Å². The predicted molar refractivity (Wildman–Crippen MR) is 354 cm³/mol. The molecule has 5 saturated heterocycles. The van der Waals surface area contributed by atoms with E-state index in [1.807, 2.05) is 30.6 Å². The number of fused-ring (bicyclic) bond motifs is 4. The van der Waals surface area contributed by atoms with Crippen LogP contribution in [0.5, 0.6) is 17.5 Å². The number of methoxy groups -OCH3 is 2. The number of piperidine rings is 1. The number of carbonyl (C=O) groups excluding carboxylic acids is 4. The van der Waals surface area contributed by atoms with E-state index >= 15 is 8.78 Å². The first-order valence-electron chi connectivity index (χ1n) is 33.2. The number of urea groups is 1. The molecule has 92 heavy (non-hydrogen) atoms. The number of hydrogen-bond donors (Lipinski definition) is 1. The van der Waals surface area contributed by atoms with Crippen molar-refractivity contribution in [3.8, 4) is 40.2 Å². The highest BCUT2D eigenvalue weighted by Gasteiger charge is 2.48. The third-order valence-corrected chi connectivity index (χ3v) is 26.5. The lowest BCUT2D eigenvalue weighted by Gasteiger charge is -2.42. The summed E-state index contributed by atoms with van der Waals surface area (Å²) in [5, 5.41) is 3.76. The van der Waals surface area contributed by atoms with E-state index in [4.69, 9.17) is 38.6 Å². The van der Waals surface area contributed by atoms with Gasteiger partial charge in [-0.25, -0.2) is 18.4 Å². The monoisotopic (exact) mass is 1280 g/mol. The molecule has 0 radical (unpaired) electrons. The van der Waals surface area contributed by atoms with Gasteiger partial charge in [-0.1, -0.05) is 53.5 Å². The van der Waals surface area contributed by atoms with Gasteiger partial charge in [-0.05, 0) is 143 Å². The number of nitrogens with zero attached hydrogens (tertiary/aromatic N) is 9. The van der Waals surface area contributed by atoms with Crippen molar-refractivity contribution in [2.75, 3.05) is 109 Å². The standard InChI is InChI=1S/C70H92F2N10O9Si/c1-44(2)92(45(3)4,46(5)6)34-23-53-56(71)18-14-48-35-52(90-43-87-10)37-54(60(48)53)62-61(72)63-55(38-73-62)64(80-39-50-16-17-51(40-80)82(50)68(86)91-69(7,8)9)76-66(75-63)89-42-70(24-25-70)41-78-32-30-77(31-33-78)26-12-13-47-20-27-79(28-21-47)65(84)49-15-19-58(88-11)57(36-49)81-29-22-59(83)74-67(81)85/h14-15,18-19,35-38,44-47,50-51H,12-13,16-17,20-22,24-33,39-43H2,1-11H3,(H,74,83,85). The van der Waals surface area contributed by atoms with Crippen molar-refractivity contribution < 1.29 is 51.6 Å². The van der Waals surface area contributed by atoms with Gasteiger partial charge in [-0.3, -0.25) is 29.7 Å². The highest BCUT2D eigenvalue weighted by molar-refractivity contribution is 6.90. The summed E-state index contributed by atoms with van der Waals surface area (Å²) in [4.78, 5) is 79.2. The first-order chi connectivity index (χ1) is 44.0. The maximum atomic E-state index is 18.3. The maximum absolute atomic E-state index is 18.3. The number of carbonyl (C=O) groups is 4. The number of ether oxygens (including phenoxy) is 5. The SMILES string of the molecule is COCOc1cc(-c2ncc3c(N4CC5CCC(C4)N5C(=O)OC(C)(C)C)nc(OCC4(CN5CCN(CCCC6CCN(C(=O)c7ccc(OC)c(N8CCC(=O)NC8=O)c7)CC6)CC5)CC4)nc3c2F)c2c(C#C[Si](C(C)C)(C(C)C)C(C)C)c(F)ccc2c1. The number of anilines is 2. The number of amides is 5. The van der Waals surface area contributed by atoms with Gasteiger partial charge in [0.05, 0.1) is 42.4 Å². The summed E-state index contributed by atoms with van der Waals surface area (Å²) in [7, 11) is 0.682. The van der Waals surface area contributed by atoms with Gasteiger partial charge in [-0.15, -0.1) is 5.54 Å². The molecule has 3 aromatic carbocycles. The molecule has 6 fully saturated rings. The number of halogens is 2. The highest BCUT2D eigenvalue weighted by Crippen LogP contribution is 2.48. The Morgan fingerprint density at radius 1 is 0.837 bits per heavy atom. The molecular formula is C70H92F2N10O9Si. The van der Waals surface area contributed by atoms with Crippen LogP contribution in [0, 0.1) is 34.4 Å². The van der Waals surface area contributed by atoms with Crippen LogP contribution in [-0.2, 0) is 14.3 Å². The Balaban J connectivity index is 0.784. The van der Waals surface area contributed by atoms with E-state index in [-0.39, 0.29) is 77.9 Å². The molecule has 7 heterocycles. The Bertz CT molecular complexity index is 3610. The van der Waals surface area contributed by atoms with Crippen molar-refractivity contribution in [2.24, 2.45) is 11.3 Å². The Morgan fingerprint density at radius 2 is 1.53 bits per heavy atom. The largest absolute Gasteiger partial charge is 0.495 e. The zero-order valence-corrected chi connectivity index (χ0v) is 56.6. The molecular weight excluding hydrogens is 1190 g/mol. The lowest BCUT2D eigenvalue weighted by atomic mass is 9.91. The van der Waals surface area contributed by atoms with Gasteiger partial charge in [0.15, 0.2) is 12.6 Å². The average Bonchev–Trinajstić information content (AvgIpc) is 0.921. The van der Waals surface area contributed by atoms with Crippen LogP contribution < -0.4 is 29.3 Å². The summed E-state index contributed by atoms with van der Waals surface area (Å²) in [5.41, 5.74) is 5.19. The van der Waals surface area contributed by atoms with E-state index in [0.717, 1.165) is 90.6 Å². The fraction of sp³-hybridized carbons (Fsp3) is 0.586. The van der Waals surface area contributed by atoms with Crippen LogP contribution in [0.4, 0.5) is 29.9 Å². The minimum Gasteiger partial charge on any atom is -0.495 e. The summed E-state index contributed by atoms with van der Waals surface area (Å²) in [5.74, 6) is 3.59. The minimum atomic E-state index is -2.36. The van der Waals surface area contributed by atoms with Gasteiger partial charge in [0.2, 0.25) is 5.91 Å². The quantitative estimate of drug-likeness (QED) is 0.0440. The van der Waals surface area contributed by atoms with Crippen molar-refractivity contribution in [1.82, 2.24) is 39.9 Å². The van der Waals surface area contributed by atoms with E-state index in [1.165, 1.54) is 25.2 Å². The summed E-state index contributed by atoms with van der Waals surface area (Å²) in [6.07, 6.45) is 8.99. The van der Waals surface area contributed by atoms with Gasteiger partial charge in [-0.2, -0.15) is 9.97 Å². The Labute approximate surface area is 541 Å². The van der Waals surface area contributed by atoms with Gasteiger partial charge < -0.3 is 43.3 Å². The second kappa shape index (κ2) is 27.4. The molecule has 11 rings (SSSR count). The normalized spacial score (nSPS) is 19.9. The number of imide groups is 1. The molecule has 6 aliphatic rings. The topological polar surface area (TPSA) is 185 Å². The fourth-order valence-corrected chi connectivity index (χ4v) is 20.4. The highest BCUT2D eigenvalue weighted by atomic mass is 28.3. The predicted octanol–water partition coefficient (Wildman–Crippen LogP) is 11.8. The number of piperazine rings is 2. The second-order valence-corrected chi connectivity index (χ2v) is 33.9. The second-order valence-electron chi connectivity index (χ2n) is 28.3. The van der Waals surface area contributed by atoms with Gasteiger partial charge in [0.25, 0.3) is 5.91 Å². The van der Waals surface area contributed by atoms with E-state index in [0.29, 0.717) is 106 Å². The number of hydrogen-bond acceptors (Lipinski definition) is 15. The van der Waals surface area contributed by atoms with E-state index in [2.05, 4.69) is 73.0 Å². The Kier molecular flexibility index (Phi) is 19.7. The van der Waals surface area contributed by atoms with Crippen LogP contribution >= 0.6 is 0 Å². The van der Waals surface area contributed by atoms with Crippen LogP contribution in [0.3, 0.4) is 0 Å². The summed E-state index contributed by atoms with van der Waals surface area (Å²) >= 11 is 0. The fourth-order valence-electron chi connectivity index (χ4n) is 15.2. The molecule has 2 atom stereocenters. The van der Waals surface area contributed by atoms with Crippen molar-refractivity contribution in [3.05, 3.63) is 71.4 Å². The molecule has 5 amide bonds. The number of nitrogens with one attached hydrogen (secondary N) is 1. The van der Waals surface area contributed by atoms with Crippen LogP contribution in [-0.4, -0.2) is 184 Å². The molecule has 5 aliphatic heterocycles. The molecule has 0 spiro atoms. The zero-order valence-electron chi connectivity index (χ0n) is 55.6. The molecule has 494 valence electrons. The molecule has 5 aromatic rings. The number of pyridine rings is 1. The summed E-state index contributed by atoms with van der Waals surface area (Å²) in [6.45, 7) is 27.3. The molecule has 1 N–H and O–H groups in total. The first-order valence-corrected chi connectivity index (χ1v) is 35.4. The molecule has 22 heteroatoms. The average molecular weight is 1280 g/mol. The maximum Gasteiger partial charge on any atom is 0.410 e. The van der Waals surface area contributed by atoms with Gasteiger partial charge >= 0.3 is 18.1 Å². The van der Waals surface area contributed by atoms with Gasteiger partial charge in [0, 0.05) is 107 Å². The third kappa shape index (κ3) is 14.0. The van der Waals surface area contributed by atoms with E-state index < -0.39 is 31.3 Å². The van der Waals surface area contributed by atoms with Crippen molar-refractivity contribution in [3.63, 3.8) is 0 Å².